The van der Waals surface area contributed by atoms with Gasteiger partial charge in [-0.2, -0.15) is 0 Å². The Morgan fingerprint density at radius 3 is 2.87 bits per heavy atom. The minimum absolute atomic E-state index is 0.300. The summed E-state index contributed by atoms with van der Waals surface area (Å²) in [5.74, 6) is 0. The van der Waals surface area contributed by atoms with Crippen LogP contribution < -0.4 is 5.32 Å². The number of likely N-dealkylation sites (N-methyl/N-ethyl adjacent to an activating group) is 1. The molecule has 0 heterocycles. The number of halogens is 1. The second kappa shape index (κ2) is 6.99. The van der Waals surface area contributed by atoms with Crippen LogP contribution in [0.25, 0.3) is 0 Å². The molecule has 1 rings (SSSR count). The summed E-state index contributed by atoms with van der Waals surface area (Å²) >= 11 is 3.45. The molecule has 1 aromatic carbocycles. The number of nitrogens with one attached hydrogen (secondary N) is 1. The number of hydrogen-bond acceptors (Lipinski definition) is 2. The van der Waals surface area contributed by atoms with Crippen LogP contribution >= 0.6 is 15.9 Å². The van der Waals surface area contributed by atoms with Crippen molar-refractivity contribution >= 4 is 15.9 Å². The number of benzene rings is 1. The topological polar surface area (TPSA) is 21.3 Å². The van der Waals surface area contributed by atoms with Crippen LogP contribution in [0.5, 0.6) is 0 Å². The second-order valence-corrected chi connectivity index (χ2v) is 4.44. The molecule has 2 nitrogen and oxygen atoms in total. The Labute approximate surface area is 100 Å². The van der Waals surface area contributed by atoms with Gasteiger partial charge in [-0.25, -0.2) is 0 Å². The van der Waals surface area contributed by atoms with E-state index in [-0.39, 0.29) is 0 Å². The van der Waals surface area contributed by atoms with Gasteiger partial charge >= 0.3 is 0 Å². The van der Waals surface area contributed by atoms with E-state index in [1.54, 1.807) is 0 Å². The summed E-state index contributed by atoms with van der Waals surface area (Å²) in [5, 5.41) is 3.13. The fourth-order valence-corrected chi connectivity index (χ4v) is 1.84. The first-order chi connectivity index (χ1) is 7.26. The monoisotopic (exact) mass is 271 g/mol. The molecule has 0 aliphatic rings. The summed E-state index contributed by atoms with van der Waals surface area (Å²) in [4.78, 5) is 0. The van der Waals surface area contributed by atoms with Crippen molar-refractivity contribution in [3.8, 4) is 0 Å². The van der Waals surface area contributed by atoms with Crippen LogP contribution in [0.2, 0.25) is 0 Å². The summed E-state index contributed by atoms with van der Waals surface area (Å²) in [6.07, 6.45) is 1.34. The van der Waals surface area contributed by atoms with Gasteiger partial charge in [0.05, 0.1) is 12.7 Å². The molecule has 0 saturated heterocycles. The van der Waals surface area contributed by atoms with Crippen molar-refractivity contribution in [2.75, 3.05) is 13.6 Å². The third-order valence-corrected chi connectivity index (χ3v) is 2.76. The minimum Gasteiger partial charge on any atom is -0.372 e. The molecule has 0 fully saturated rings. The van der Waals surface area contributed by atoms with Crippen LogP contribution in [0, 0.1) is 0 Å². The first kappa shape index (κ1) is 12.7. The Balaban J connectivity index is 2.41. The molecule has 1 aromatic rings. The lowest BCUT2D eigenvalue weighted by Gasteiger charge is -2.15. The summed E-state index contributed by atoms with van der Waals surface area (Å²) in [7, 11) is 1.95. The number of ether oxygens (including phenoxy) is 1. The molecule has 0 amide bonds. The van der Waals surface area contributed by atoms with Crippen molar-refractivity contribution in [2.45, 2.75) is 26.1 Å². The molecule has 0 radical (unpaired) electrons. The third-order valence-electron chi connectivity index (χ3n) is 2.26. The van der Waals surface area contributed by atoms with E-state index in [1.165, 1.54) is 5.56 Å². The smallest absolute Gasteiger partial charge is 0.0721 e. The molecule has 84 valence electrons. The van der Waals surface area contributed by atoms with Gasteiger partial charge in [-0.1, -0.05) is 35.0 Å². The highest BCUT2D eigenvalue weighted by molar-refractivity contribution is 9.10. The number of hydrogen-bond donors (Lipinski definition) is 1. The molecule has 0 bridgehead atoms. The second-order valence-electron chi connectivity index (χ2n) is 3.53. The van der Waals surface area contributed by atoms with Gasteiger partial charge in [0, 0.05) is 11.0 Å². The van der Waals surface area contributed by atoms with E-state index >= 15 is 0 Å². The Kier molecular flexibility index (Phi) is 5.91. The van der Waals surface area contributed by atoms with E-state index < -0.39 is 0 Å². The van der Waals surface area contributed by atoms with Crippen molar-refractivity contribution in [1.29, 1.82) is 0 Å². The molecule has 0 aliphatic carbocycles. The first-order valence-electron chi connectivity index (χ1n) is 5.27. The maximum Gasteiger partial charge on any atom is 0.0721 e. The first-order valence-corrected chi connectivity index (χ1v) is 6.06. The Hall–Kier alpha value is -0.380. The van der Waals surface area contributed by atoms with Crippen molar-refractivity contribution in [2.24, 2.45) is 0 Å². The zero-order valence-corrected chi connectivity index (χ0v) is 10.9. The summed E-state index contributed by atoms with van der Waals surface area (Å²) < 4.78 is 6.89. The molecule has 3 heteroatoms. The van der Waals surface area contributed by atoms with Crippen molar-refractivity contribution in [1.82, 2.24) is 5.32 Å². The van der Waals surface area contributed by atoms with E-state index in [4.69, 9.17) is 4.74 Å². The van der Waals surface area contributed by atoms with Crippen LogP contribution in [-0.2, 0) is 11.3 Å². The SMILES string of the molecule is CCC(CNC)OCc1cccc(Br)c1. The van der Waals surface area contributed by atoms with Crippen LogP contribution in [0.15, 0.2) is 28.7 Å². The van der Waals surface area contributed by atoms with Crippen LogP contribution in [0.4, 0.5) is 0 Å². The van der Waals surface area contributed by atoms with Crippen LogP contribution in [-0.4, -0.2) is 19.7 Å². The zero-order valence-electron chi connectivity index (χ0n) is 9.29. The summed E-state index contributed by atoms with van der Waals surface area (Å²) in [6, 6.07) is 8.22. The van der Waals surface area contributed by atoms with Gasteiger partial charge in [-0.05, 0) is 31.2 Å². The zero-order chi connectivity index (χ0) is 11.1. The number of rotatable bonds is 6. The highest BCUT2D eigenvalue weighted by atomic mass is 79.9. The fourth-order valence-electron chi connectivity index (χ4n) is 1.39. The predicted molar refractivity (Wildman–Crippen MR) is 66.9 cm³/mol. The van der Waals surface area contributed by atoms with Gasteiger partial charge in [0.25, 0.3) is 0 Å². The summed E-state index contributed by atoms with van der Waals surface area (Å²) in [5.41, 5.74) is 1.21. The van der Waals surface area contributed by atoms with Gasteiger partial charge in [-0.3, -0.25) is 0 Å². The molecule has 1 unspecified atom stereocenters. The molecule has 0 spiro atoms. The van der Waals surface area contributed by atoms with Gasteiger partial charge in [0.2, 0.25) is 0 Å². The molecule has 0 aliphatic heterocycles. The van der Waals surface area contributed by atoms with Crippen molar-refractivity contribution in [3.05, 3.63) is 34.3 Å². The average molecular weight is 272 g/mol. The molecular weight excluding hydrogens is 254 g/mol. The lowest BCUT2D eigenvalue weighted by atomic mass is 10.2. The van der Waals surface area contributed by atoms with Gasteiger partial charge in [0.15, 0.2) is 0 Å². The largest absolute Gasteiger partial charge is 0.372 e. The molecule has 0 aromatic heterocycles. The van der Waals surface area contributed by atoms with Gasteiger partial charge in [-0.15, -0.1) is 0 Å². The average Bonchev–Trinajstić information content (AvgIpc) is 2.24. The highest BCUT2D eigenvalue weighted by Gasteiger charge is 2.05. The molecule has 1 N–H and O–H groups in total. The van der Waals surface area contributed by atoms with E-state index in [9.17, 15) is 0 Å². The van der Waals surface area contributed by atoms with Gasteiger partial charge in [0.1, 0.15) is 0 Å². The minimum atomic E-state index is 0.300. The van der Waals surface area contributed by atoms with E-state index in [1.807, 2.05) is 19.2 Å². The molecular formula is C12H18BrNO. The Bertz CT molecular complexity index is 291. The van der Waals surface area contributed by atoms with E-state index in [0.717, 1.165) is 17.4 Å². The third kappa shape index (κ3) is 4.78. The van der Waals surface area contributed by atoms with Gasteiger partial charge < -0.3 is 10.1 Å². The Morgan fingerprint density at radius 2 is 2.27 bits per heavy atom. The quantitative estimate of drug-likeness (QED) is 0.859. The highest BCUT2D eigenvalue weighted by Crippen LogP contribution is 2.13. The lowest BCUT2D eigenvalue weighted by molar-refractivity contribution is 0.0396. The van der Waals surface area contributed by atoms with Crippen molar-refractivity contribution < 1.29 is 4.74 Å². The summed E-state index contributed by atoms with van der Waals surface area (Å²) in [6.45, 7) is 3.73. The maximum absolute atomic E-state index is 5.79. The normalized spacial score (nSPS) is 12.7. The standard InChI is InChI=1S/C12H18BrNO/c1-3-12(8-14-2)15-9-10-5-4-6-11(13)7-10/h4-7,12,14H,3,8-9H2,1-2H3. The molecule has 1 atom stereocenters. The Morgan fingerprint density at radius 1 is 1.47 bits per heavy atom. The molecule has 15 heavy (non-hydrogen) atoms. The molecule has 0 saturated carbocycles. The van der Waals surface area contributed by atoms with Crippen molar-refractivity contribution in [3.63, 3.8) is 0 Å². The van der Waals surface area contributed by atoms with E-state index in [2.05, 4.69) is 40.3 Å². The lowest BCUT2D eigenvalue weighted by Crippen LogP contribution is -2.25. The maximum atomic E-state index is 5.79. The van der Waals surface area contributed by atoms with E-state index in [0.29, 0.717) is 12.7 Å². The van der Waals surface area contributed by atoms with Crippen LogP contribution in [0.1, 0.15) is 18.9 Å². The van der Waals surface area contributed by atoms with Crippen LogP contribution in [0.3, 0.4) is 0 Å². The predicted octanol–water partition coefficient (Wildman–Crippen LogP) is 2.96. The fraction of sp³-hybridized carbons (Fsp3) is 0.500.